The van der Waals surface area contributed by atoms with Gasteiger partial charge in [0.05, 0.1) is 17.2 Å². The molecule has 34 heavy (non-hydrogen) atoms. The first-order valence-corrected chi connectivity index (χ1v) is 12.0. The number of anilines is 1. The van der Waals surface area contributed by atoms with Crippen molar-refractivity contribution in [2.45, 2.75) is 26.2 Å². The summed E-state index contributed by atoms with van der Waals surface area (Å²) in [5, 5.41) is 3.33. The average molecular weight is 475 g/mol. The molecule has 4 aromatic rings. The molecule has 0 bridgehead atoms. The molecule has 8 heteroatoms. The maximum Gasteiger partial charge on any atom is 0.226 e. The first-order valence-electron chi connectivity index (χ1n) is 11.1. The van der Waals surface area contributed by atoms with Crippen molar-refractivity contribution in [3.8, 4) is 27.7 Å². The number of ether oxygens (including phenoxy) is 1. The van der Waals surface area contributed by atoms with E-state index >= 15 is 0 Å². The van der Waals surface area contributed by atoms with Gasteiger partial charge in [0.1, 0.15) is 5.75 Å². The normalized spacial score (nSPS) is 10.8. The number of carbonyl (C=O) groups is 2. The van der Waals surface area contributed by atoms with Crippen molar-refractivity contribution < 1.29 is 14.3 Å². The van der Waals surface area contributed by atoms with Crippen LogP contribution in [0.25, 0.3) is 22.0 Å². The fourth-order valence-corrected chi connectivity index (χ4v) is 4.45. The fraction of sp³-hybridized carbons (Fsp3) is 0.231. The van der Waals surface area contributed by atoms with Crippen molar-refractivity contribution in [2.75, 3.05) is 11.9 Å². The Morgan fingerprint density at radius 2 is 1.82 bits per heavy atom. The molecule has 0 atom stereocenters. The second-order valence-electron chi connectivity index (χ2n) is 7.77. The maximum atomic E-state index is 12.6. The van der Waals surface area contributed by atoms with E-state index in [0.717, 1.165) is 34.1 Å². The molecule has 0 saturated heterocycles. The molecule has 0 aliphatic carbocycles. The summed E-state index contributed by atoms with van der Waals surface area (Å²) in [5.41, 5.74) is 2.27. The third-order valence-corrected chi connectivity index (χ3v) is 6.14. The van der Waals surface area contributed by atoms with Crippen LogP contribution >= 0.6 is 11.3 Å². The maximum absolute atomic E-state index is 12.6. The number of nitrogens with one attached hydrogen (secondary N) is 1. The lowest BCUT2D eigenvalue weighted by Gasteiger charge is -2.06. The number of Topliss-reactive ketones (excluding diaryl/α,β-unsaturated/α-hetero) is 1. The molecule has 4 rings (SSSR count). The number of carbonyl (C=O) groups excluding carboxylic acids is 2. The number of ketones is 1. The Kier molecular flexibility index (Phi) is 7.49. The van der Waals surface area contributed by atoms with E-state index in [4.69, 9.17) is 4.74 Å². The Morgan fingerprint density at radius 1 is 1.06 bits per heavy atom. The van der Waals surface area contributed by atoms with Gasteiger partial charge in [0.2, 0.25) is 5.91 Å². The van der Waals surface area contributed by atoms with Gasteiger partial charge in [-0.15, -0.1) is 0 Å². The number of imidazole rings is 1. The molecule has 2 aromatic carbocycles. The number of hydrogen-bond donors (Lipinski definition) is 1. The number of amides is 1. The highest BCUT2D eigenvalue weighted by Crippen LogP contribution is 2.38. The zero-order chi connectivity index (χ0) is 23.9. The summed E-state index contributed by atoms with van der Waals surface area (Å²) >= 11 is 1.37. The van der Waals surface area contributed by atoms with Crippen LogP contribution in [0.1, 0.15) is 36.5 Å². The molecular formula is C26H26N4O3S. The molecule has 0 aliphatic heterocycles. The zero-order valence-corrected chi connectivity index (χ0v) is 20.0. The monoisotopic (exact) mass is 474 g/mol. The minimum absolute atomic E-state index is 0.0743. The van der Waals surface area contributed by atoms with E-state index in [-0.39, 0.29) is 24.5 Å². The smallest absolute Gasteiger partial charge is 0.226 e. The number of nitrogens with zero attached hydrogens (tertiary/aromatic N) is 3. The fourth-order valence-electron chi connectivity index (χ4n) is 3.41. The average Bonchev–Trinajstić information content (AvgIpc) is 3.47. The van der Waals surface area contributed by atoms with E-state index in [2.05, 4.69) is 15.3 Å². The Balaban J connectivity index is 1.42. The molecule has 7 nitrogen and oxygen atoms in total. The quantitative estimate of drug-likeness (QED) is 0.302. The molecule has 174 valence electrons. The second kappa shape index (κ2) is 10.9. The molecule has 2 heterocycles. The van der Waals surface area contributed by atoms with Gasteiger partial charge < -0.3 is 14.6 Å². The van der Waals surface area contributed by atoms with Crippen LogP contribution in [0.5, 0.6) is 5.75 Å². The van der Waals surface area contributed by atoms with Crippen LogP contribution in [0.3, 0.4) is 0 Å². The number of rotatable bonds is 10. The van der Waals surface area contributed by atoms with Gasteiger partial charge in [0.25, 0.3) is 0 Å². The van der Waals surface area contributed by atoms with E-state index in [1.54, 1.807) is 30.5 Å². The molecule has 1 N–H and O–H groups in total. The molecule has 2 aromatic heterocycles. The van der Waals surface area contributed by atoms with Crippen LogP contribution in [0.2, 0.25) is 0 Å². The SMILES string of the molecule is CCCOc1ccc(C(=O)CCC(=O)Nc2nc(-c3ccccc3)c(-c3nccn3C)s2)cc1. The van der Waals surface area contributed by atoms with Gasteiger partial charge in [-0.25, -0.2) is 9.97 Å². The van der Waals surface area contributed by atoms with Gasteiger partial charge in [-0.2, -0.15) is 0 Å². The highest BCUT2D eigenvalue weighted by Gasteiger charge is 2.19. The predicted molar refractivity (Wildman–Crippen MR) is 134 cm³/mol. The molecule has 1 amide bonds. The van der Waals surface area contributed by atoms with E-state index < -0.39 is 0 Å². The van der Waals surface area contributed by atoms with Crippen LogP contribution < -0.4 is 10.1 Å². The van der Waals surface area contributed by atoms with Crippen LogP contribution in [0, 0.1) is 0 Å². The summed E-state index contributed by atoms with van der Waals surface area (Å²) in [4.78, 5) is 35.1. The molecule has 0 spiro atoms. The van der Waals surface area contributed by atoms with E-state index in [0.29, 0.717) is 17.3 Å². The highest BCUT2D eigenvalue weighted by molar-refractivity contribution is 7.19. The summed E-state index contributed by atoms with van der Waals surface area (Å²) < 4.78 is 7.46. The van der Waals surface area contributed by atoms with E-state index in [1.807, 2.05) is 55.1 Å². The Bertz CT molecular complexity index is 1260. The van der Waals surface area contributed by atoms with Gasteiger partial charge >= 0.3 is 0 Å². The minimum Gasteiger partial charge on any atom is -0.494 e. The first-order chi connectivity index (χ1) is 16.5. The number of aromatic nitrogens is 3. The highest BCUT2D eigenvalue weighted by atomic mass is 32.1. The summed E-state index contributed by atoms with van der Waals surface area (Å²) in [7, 11) is 1.92. The molecule has 0 fully saturated rings. The Morgan fingerprint density at radius 3 is 2.50 bits per heavy atom. The molecule has 0 aliphatic rings. The number of aryl methyl sites for hydroxylation is 1. The predicted octanol–water partition coefficient (Wildman–Crippen LogP) is 5.60. The summed E-state index contributed by atoms with van der Waals surface area (Å²) in [6.07, 6.45) is 4.71. The lowest BCUT2D eigenvalue weighted by Crippen LogP contribution is -2.13. The van der Waals surface area contributed by atoms with Crippen LogP contribution in [-0.4, -0.2) is 32.8 Å². The number of thiazole rings is 1. The van der Waals surface area contributed by atoms with Gasteiger partial charge in [-0.3, -0.25) is 9.59 Å². The summed E-state index contributed by atoms with van der Waals surface area (Å²) in [6, 6.07) is 16.8. The molecule has 0 radical (unpaired) electrons. The third kappa shape index (κ3) is 5.58. The number of hydrogen-bond acceptors (Lipinski definition) is 6. The van der Waals surface area contributed by atoms with Crippen molar-refractivity contribution in [3.63, 3.8) is 0 Å². The van der Waals surface area contributed by atoms with Crippen molar-refractivity contribution in [1.29, 1.82) is 0 Å². The van der Waals surface area contributed by atoms with Crippen molar-refractivity contribution in [2.24, 2.45) is 7.05 Å². The Hall–Kier alpha value is -3.78. The second-order valence-corrected chi connectivity index (χ2v) is 8.77. The minimum atomic E-state index is -0.254. The molecular weight excluding hydrogens is 448 g/mol. The summed E-state index contributed by atoms with van der Waals surface area (Å²) in [6.45, 7) is 2.68. The van der Waals surface area contributed by atoms with Crippen molar-refractivity contribution in [1.82, 2.24) is 14.5 Å². The lowest BCUT2D eigenvalue weighted by molar-refractivity contribution is -0.116. The van der Waals surface area contributed by atoms with Gasteiger partial charge in [0, 0.05) is 43.4 Å². The topological polar surface area (TPSA) is 86.1 Å². The van der Waals surface area contributed by atoms with Gasteiger partial charge in [0.15, 0.2) is 16.7 Å². The zero-order valence-electron chi connectivity index (χ0n) is 19.2. The first kappa shape index (κ1) is 23.4. The van der Waals surface area contributed by atoms with E-state index in [9.17, 15) is 9.59 Å². The van der Waals surface area contributed by atoms with Crippen LogP contribution in [0.15, 0.2) is 67.0 Å². The molecule has 0 saturated carbocycles. The Labute approximate surface area is 202 Å². The van der Waals surface area contributed by atoms with Crippen molar-refractivity contribution in [3.05, 3.63) is 72.6 Å². The van der Waals surface area contributed by atoms with Crippen LogP contribution in [-0.2, 0) is 11.8 Å². The summed E-state index contributed by atoms with van der Waals surface area (Å²) in [5.74, 6) is 1.17. The molecule has 0 unspecified atom stereocenters. The van der Waals surface area contributed by atoms with Crippen molar-refractivity contribution >= 4 is 28.2 Å². The van der Waals surface area contributed by atoms with E-state index in [1.165, 1.54) is 11.3 Å². The van der Waals surface area contributed by atoms with Gasteiger partial charge in [-0.05, 0) is 30.7 Å². The number of benzene rings is 2. The standard InChI is InChI=1S/C26H26N4O3S/c1-3-17-33-20-11-9-18(10-12-20)21(31)13-14-22(32)28-26-29-23(19-7-5-4-6-8-19)24(34-26)25-27-15-16-30(25)2/h4-12,15-16H,3,13-14,17H2,1-2H3,(H,28,29,32). The third-order valence-electron chi connectivity index (χ3n) is 5.17. The van der Waals surface area contributed by atoms with Crippen LogP contribution in [0.4, 0.5) is 5.13 Å². The van der Waals surface area contributed by atoms with Gasteiger partial charge in [-0.1, -0.05) is 48.6 Å². The largest absolute Gasteiger partial charge is 0.494 e. The lowest BCUT2D eigenvalue weighted by atomic mass is 10.1.